The average Bonchev–Trinajstić information content (AvgIpc) is 2.33. The van der Waals surface area contributed by atoms with Gasteiger partial charge in [-0.25, -0.2) is 4.39 Å². The van der Waals surface area contributed by atoms with Crippen LogP contribution in [0.25, 0.3) is 0 Å². The Bertz CT molecular complexity index is 494. The van der Waals surface area contributed by atoms with Crippen LogP contribution >= 0.6 is 11.6 Å². The number of halogens is 2. The number of anilines is 1. The van der Waals surface area contributed by atoms with Crippen LogP contribution in [0.4, 0.5) is 10.1 Å². The fourth-order valence-corrected chi connectivity index (χ4v) is 2.59. The molecule has 3 rings (SSSR count). The lowest BCUT2D eigenvalue weighted by atomic mass is 10.1. The number of fused-ring (bicyclic) bond motifs is 3. The number of carbonyl (C=O) groups excluding carboxylic acids is 1. The first-order valence-electron chi connectivity index (χ1n) is 5.44. The summed E-state index contributed by atoms with van der Waals surface area (Å²) in [5, 5.41) is 5.91. The summed E-state index contributed by atoms with van der Waals surface area (Å²) in [7, 11) is 0. The van der Waals surface area contributed by atoms with Crippen molar-refractivity contribution in [2.45, 2.75) is 6.17 Å². The quantitative estimate of drug-likeness (QED) is 0.726. The minimum Gasteiger partial charge on any atom is -0.348 e. The summed E-state index contributed by atoms with van der Waals surface area (Å²) in [6.45, 7) is 2.28. The predicted molar refractivity (Wildman–Crippen MR) is 62.9 cm³/mol. The van der Waals surface area contributed by atoms with Gasteiger partial charge in [-0.15, -0.1) is 0 Å². The molecular formula is C11H11ClFN3O. The normalized spacial score (nSPS) is 22.8. The Kier molecular flexibility index (Phi) is 2.45. The van der Waals surface area contributed by atoms with Gasteiger partial charge >= 0.3 is 0 Å². The summed E-state index contributed by atoms with van der Waals surface area (Å²) in [5.41, 5.74) is 0.955. The van der Waals surface area contributed by atoms with E-state index < -0.39 is 5.82 Å². The van der Waals surface area contributed by atoms with Crippen LogP contribution < -0.4 is 15.5 Å². The largest absolute Gasteiger partial charge is 0.348 e. The molecule has 1 aromatic rings. The minimum absolute atomic E-state index is 0.0784. The monoisotopic (exact) mass is 255 g/mol. The summed E-state index contributed by atoms with van der Waals surface area (Å²) in [6.07, 6.45) is -0.0784. The number of nitrogens with zero attached hydrogens (tertiary/aromatic N) is 1. The van der Waals surface area contributed by atoms with Crippen LogP contribution in [0.3, 0.4) is 0 Å². The third kappa shape index (κ3) is 1.57. The second kappa shape index (κ2) is 3.85. The van der Waals surface area contributed by atoms with E-state index in [1.54, 1.807) is 6.07 Å². The second-order valence-electron chi connectivity index (χ2n) is 4.14. The summed E-state index contributed by atoms with van der Waals surface area (Å²) in [4.78, 5) is 13.9. The highest BCUT2D eigenvalue weighted by Crippen LogP contribution is 2.33. The Hall–Kier alpha value is -1.33. The lowest BCUT2D eigenvalue weighted by molar-refractivity contribution is 0.0922. The Morgan fingerprint density at radius 1 is 1.47 bits per heavy atom. The summed E-state index contributed by atoms with van der Waals surface area (Å²) >= 11 is 5.86. The van der Waals surface area contributed by atoms with Crippen molar-refractivity contribution in [3.63, 3.8) is 0 Å². The molecule has 0 unspecified atom stereocenters. The van der Waals surface area contributed by atoms with Crippen LogP contribution in [0.5, 0.6) is 0 Å². The van der Waals surface area contributed by atoms with Gasteiger partial charge in [0.15, 0.2) is 0 Å². The molecule has 1 fully saturated rings. The molecule has 0 aromatic heterocycles. The van der Waals surface area contributed by atoms with Gasteiger partial charge in [-0.1, -0.05) is 11.6 Å². The standard InChI is InChI=1S/C11H11ClFN3O/c12-10-6(13)1-2-7-9(10)11(17)15-8-5-14-3-4-16(7)8/h1-2,8,14H,3-5H2,(H,15,17)/t8-/m0/s1. The molecule has 90 valence electrons. The number of piperazine rings is 1. The highest BCUT2D eigenvalue weighted by Gasteiger charge is 2.34. The molecule has 0 spiro atoms. The fraction of sp³-hybridized carbons (Fsp3) is 0.364. The smallest absolute Gasteiger partial charge is 0.256 e. The van der Waals surface area contributed by atoms with Gasteiger partial charge in [-0.2, -0.15) is 0 Å². The van der Waals surface area contributed by atoms with Crippen molar-refractivity contribution in [1.82, 2.24) is 10.6 Å². The number of hydrogen-bond donors (Lipinski definition) is 2. The summed E-state index contributed by atoms with van der Waals surface area (Å²) < 4.78 is 13.4. The van der Waals surface area contributed by atoms with E-state index in [4.69, 9.17) is 11.6 Å². The highest BCUT2D eigenvalue weighted by molar-refractivity contribution is 6.35. The topological polar surface area (TPSA) is 44.4 Å². The Morgan fingerprint density at radius 3 is 3.12 bits per heavy atom. The molecule has 2 heterocycles. The van der Waals surface area contributed by atoms with Crippen molar-refractivity contribution in [3.8, 4) is 0 Å². The molecular weight excluding hydrogens is 245 g/mol. The number of hydrogen-bond acceptors (Lipinski definition) is 3. The van der Waals surface area contributed by atoms with Gasteiger partial charge in [0.1, 0.15) is 12.0 Å². The summed E-state index contributed by atoms with van der Waals surface area (Å²) in [5.74, 6) is -0.872. The number of amides is 1. The minimum atomic E-state index is -0.561. The maximum Gasteiger partial charge on any atom is 0.256 e. The molecule has 1 atom stereocenters. The van der Waals surface area contributed by atoms with Crippen LogP contribution in [-0.4, -0.2) is 31.7 Å². The molecule has 2 aliphatic rings. The maximum absolute atomic E-state index is 13.4. The van der Waals surface area contributed by atoms with Crippen LogP contribution in [0.2, 0.25) is 5.02 Å². The SMILES string of the molecule is O=C1N[C@@H]2CNCCN2c2ccc(F)c(Cl)c21. The third-order valence-electron chi connectivity index (χ3n) is 3.15. The molecule has 2 aliphatic heterocycles. The van der Waals surface area contributed by atoms with Gasteiger partial charge in [0.25, 0.3) is 5.91 Å². The van der Waals surface area contributed by atoms with Gasteiger partial charge < -0.3 is 15.5 Å². The average molecular weight is 256 g/mol. The molecule has 1 aromatic carbocycles. The van der Waals surface area contributed by atoms with E-state index in [-0.39, 0.29) is 22.7 Å². The van der Waals surface area contributed by atoms with E-state index in [1.807, 2.05) is 4.90 Å². The molecule has 1 amide bonds. The summed E-state index contributed by atoms with van der Waals surface area (Å²) in [6, 6.07) is 2.92. The number of benzene rings is 1. The highest BCUT2D eigenvalue weighted by atomic mass is 35.5. The van der Waals surface area contributed by atoms with Crippen LogP contribution in [-0.2, 0) is 0 Å². The molecule has 0 saturated carbocycles. The van der Waals surface area contributed by atoms with Gasteiger partial charge in [0.05, 0.1) is 16.3 Å². The zero-order valence-corrected chi connectivity index (χ0v) is 9.72. The van der Waals surface area contributed by atoms with Gasteiger partial charge in [-0.3, -0.25) is 4.79 Å². The number of carbonyl (C=O) groups is 1. The van der Waals surface area contributed by atoms with Crippen molar-refractivity contribution >= 4 is 23.2 Å². The maximum atomic E-state index is 13.4. The van der Waals surface area contributed by atoms with E-state index in [2.05, 4.69) is 10.6 Å². The Morgan fingerprint density at radius 2 is 2.29 bits per heavy atom. The van der Waals surface area contributed by atoms with Crippen molar-refractivity contribution in [1.29, 1.82) is 0 Å². The zero-order chi connectivity index (χ0) is 12.0. The van der Waals surface area contributed by atoms with Gasteiger partial charge in [0.2, 0.25) is 0 Å². The van der Waals surface area contributed by atoms with E-state index >= 15 is 0 Å². The second-order valence-corrected chi connectivity index (χ2v) is 4.52. The molecule has 4 nitrogen and oxygen atoms in total. The molecule has 6 heteroatoms. The van der Waals surface area contributed by atoms with Crippen LogP contribution in [0, 0.1) is 5.82 Å². The van der Waals surface area contributed by atoms with E-state index in [0.717, 1.165) is 13.1 Å². The Labute approximate surface area is 103 Å². The predicted octanol–water partition coefficient (Wildman–Crippen LogP) is 0.958. The molecule has 0 bridgehead atoms. The van der Waals surface area contributed by atoms with E-state index in [1.165, 1.54) is 6.07 Å². The van der Waals surface area contributed by atoms with Gasteiger partial charge in [-0.05, 0) is 12.1 Å². The van der Waals surface area contributed by atoms with E-state index in [9.17, 15) is 9.18 Å². The lowest BCUT2D eigenvalue weighted by Gasteiger charge is -2.42. The molecule has 1 saturated heterocycles. The van der Waals surface area contributed by atoms with Gasteiger partial charge in [0, 0.05) is 19.6 Å². The lowest BCUT2D eigenvalue weighted by Crippen LogP contribution is -2.62. The van der Waals surface area contributed by atoms with Crippen molar-refractivity contribution in [2.75, 3.05) is 24.5 Å². The molecule has 2 N–H and O–H groups in total. The molecule has 0 radical (unpaired) electrons. The number of rotatable bonds is 0. The van der Waals surface area contributed by atoms with Crippen molar-refractivity contribution in [2.24, 2.45) is 0 Å². The fourth-order valence-electron chi connectivity index (χ4n) is 2.34. The Balaban J connectivity index is 2.14. The van der Waals surface area contributed by atoms with Crippen molar-refractivity contribution in [3.05, 3.63) is 28.5 Å². The van der Waals surface area contributed by atoms with Crippen LogP contribution in [0.1, 0.15) is 10.4 Å². The van der Waals surface area contributed by atoms with Crippen LogP contribution in [0.15, 0.2) is 12.1 Å². The number of nitrogens with one attached hydrogen (secondary N) is 2. The molecule has 0 aliphatic carbocycles. The first kappa shape index (κ1) is 10.8. The van der Waals surface area contributed by atoms with Crippen molar-refractivity contribution < 1.29 is 9.18 Å². The first-order chi connectivity index (χ1) is 8.18. The first-order valence-corrected chi connectivity index (χ1v) is 5.82. The third-order valence-corrected chi connectivity index (χ3v) is 3.52. The molecule has 17 heavy (non-hydrogen) atoms. The zero-order valence-electron chi connectivity index (χ0n) is 8.96. The van der Waals surface area contributed by atoms with E-state index in [0.29, 0.717) is 12.2 Å².